The van der Waals surface area contributed by atoms with Crippen LogP contribution in [0.2, 0.25) is 0 Å². The van der Waals surface area contributed by atoms with E-state index in [0.717, 1.165) is 29.8 Å². The highest BCUT2D eigenvalue weighted by Crippen LogP contribution is 2.23. The SMILES string of the molecule is Cc1oc(-c2ccccc2)nc1CC(=O)NC1CCN(c2nccc(-c3cccnc3)n2)C1. The molecule has 1 amide bonds. The van der Waals surface area contributed by atoms with Crippen molar-refractivity contribution < 1.29 is 9.21 Å². The van der Waals surface area contributed by atoms with Crippen molar-refractivity contribution in [2.45, 2.75) is 25.8 Å². The highest BCUT2D eigenvalue weighted by Gasteiger charge is 2.26. The fourth-order valence-electron chi connectivity index (χ4n) is 3.96. The first-order chi connectivity index (χ1) is 16.2. The first-order valence-electron chi connectivity index (χ1n) is 11.0. The Kier molecular flexibility index (Phi) is 5.80. The Hall–Kier alpha value is -4.07. The molecule has 166 valence electrons. The quantitative estimate of drug-likeness (QED) is 0.490. The van der Waals surface area contributed by atoms with Crippen molar-refractivity contribution in [2.24, 2.45) is 0 Å². The van der Waals surface area contributed by atoms with Gasteiger partial charge in [0.15, 0.2) is 0 Å². The molecule has 0 radical (unpaired) electrons. The molecule has 1 unspecified atom stereocenters. The zero-order valence-electron chi connectivity index (χ0n) is 18.3. The molecule has 0 aliphatic carbocycles. The number of rotatable bonds is 6. The summed E-state index contributed by atoms with van der Waals surface area (Å²) in [6.07, 6.45) is 6.30. The van der Waals surface area contributed by atoms with E-state index in [9.17, 15) is 4.79 Å². The van der Waals surface area contributed by atoms with Gasteiger partial charge in [0.25, 0.3) is 0 Å². The van der Waals surface area contributed by atoms with Crippen LogP contribution in [0.1, 0.15) is 17.9 Å². The molecule has 1 saturated heterocycles. The Morgan fingerprint density at radius 2 is 1.94 bits per heavy atom. The average molecular weight is 441 g/mol. The number of benzene rings is 1. The number of oxazole rings is 1. The number of carbonyl (C=O) groups excluding carboxylic acids is 1. The van der Waals surface area contributed by atoms with E-state index in [-0.39, 0.29) is 18.4 Å². The number of hydrogen-bond acceptors (Lipinski definition) is 7. The van der Waals surface area contributed by atoms with E-state index in [0.29, 0.717) is 29.8 Å². The number of pyridine rings is 1. The predicted octanol–water partition coefficient (Wildman–Crippen LogP) is 3.44. The van der Waals surface area contributed by atoms with Crippen LogP contribution in [0.5, 0.6) is 0 Å². The molecule has 1 fully saturated rings. The number of amides is 1. The number of aryl methyl sites for hydroxylation is 1. The molecule has 1 atom stereocenters. The van der Waals surface area contributed by atoms with E-state index in [2.05, 4.69) is 30.2 Å². The van der Waals surface area contributed by atoms with Crippen LogP contribution in [-0.2, 0) is 11.2 Å². The van der Waals surface area contributed by atoms with Crippen molar-refractivity contribution in [2.75, 3.05) is 18.0 Å². The van der Waals surface area contributed by atoms with E-state index in [1.807, 2.05) is 55.5 Å². The van der Waals surface area contributed by atoms with E-state index >= 15 is 0 Å². The molecular formula is C25H24N6O2. The van der Waals surface area contributed by atoms with Gasteiger partial charge >= 0.3 is 0 Å². The Morgan fingerprint density at radius 1 is 1.09 bits per heavy atom. The summed E-state index contributed by atoms with van der Waals surface area (Å²) in [5, 5.41) is 3.12. The van der Waals surface area contributed by atoms with Crippen LogP contribution in [0.3, 0.4) is 0 Å². The van der Waals surface area contributed by atoms with Crippen molar-refractivity contribution in [1.29, 1.82) is 0 Å². The fourth-order valence-corrected chi connectivity index (χ4v) is 3.96. The topological polar surface area (TPSA) is 97.0 Å². The van der Waals surface area contributed by atoms with Crippen molar-refractivity contribution in [3.63, 3.8) is 0 Å². The first-order valence-corrected chi connectivity index (χ1v) is 11.0. The maximum Gasteiger partial charge on any atom is 0.226 e. The van der Waals surface area contributed by atoms with Gasteiger partial charge in [-0.2, -0.15) is 0 Å². The third-order valence-corrected chi connectivity index (χ3v) is 5.68. The lowest BCUT2D eigenvalue weighted by atomic mass is 10.2. The zero-order chi connectivity index (χ0) is 22.6. The standard InChI is InChI=1S/C25H24N6O2/c1-17-22(29-24(33-17)18-6-3-2-4-7-18)14-23(32)28-20-10-13-31(16-20)25-27-12-9-21(30-25)19-8-5-11-26-15-19/h2-9,11-12,15,20H,10,13-14,16H2,1H3,(H,28,32). The largest absolute Gasteiger partial charge is 0.441 e. The summed E-state index contributed by atoms with van der Waals surface area (Å²) in [7, 11) is 0. The Morgan fingerprint density at radius 3 is 2.76 bits per heavy atom. The van der Waals surface area contributed by atoms with E-state index < -0.39 is 0 Å². The van der Waals surface area contributed by atoms with Crippen LogP contribution in [0.25, 0.3) is 22.7 Å². The molecule has 8 heteroatoms. The number of aromatic nitrogens is 4. The lowest BCUT2D eigenvalue weighted by Gasteiger charge is -2.17. The molecule has 4 heterocycles. The number of anilines is 1. The van der Waals surface area contributed by atoms with Crippen LogP contribution in [0.4, 0.5) is 5.95 Å². The smallest absolute Gasteiger partial charge is 0.226 e. The van der Waals surface area contributed by atoms with Crippen molar-refractivity contribution in [3.05, 3.63) is 78.6 Å². The number of nitrogens with zero attached hydrogens (tertiary/aromatic N) is 5. The Balaban J connectivity index is 1.20. The van der Waals surface area contributed by atoms with Crippen LogP contribution >= 0.6 is 0 Å². The number of hydrogen-bond donors (Lipinski definition) is 1. The molecule has 1 aromatic carbocycles. The molecule has 0 bridgehead atoms. The Labute approximate surface area is 191 Å². The van der Waals surface area contributed by atoms with Crippen LogP contribution in [0.15, 0.2) is 71.5 Å². The minimum absolute atomic E-state index is 0.0314. The lowest BCUT2D eigenvalue weighted by molar-refractivity contribution is -0.121. The highest BCUT2D eigenvalue weighted by molar-refractivity contribution is 5.79. The lowest BCUT2D eigenvalue weighted by Crippen LogP contribution is -2.38. The van der Waals surface area contributed by atoms with E-state index in [1.54, 1.807) is 18.6 Å². The highest BCUT2D eigenvalue weighted by atomic mass is 16.4. The number of nitrogens with one attached hydrogen (secondary N) is 1. The molecule has 5 rings (SSSR count). The second kappa shape index (κ2) is 9.20. The van der Waals surface area contributed by atoms with Crippen LogP contribution < -0.4 is 10.2 Å². The molecule has 0 saturated carbocycles. The monoisotopic (exact) mass is 440 g/mol. The van der Waals surface area contributed by atoms with Crippen molar-refractivity contribution in [3.8, 4) is 22.7 Å². The summed E-state index contributed by atoms with van der Waals surface area (Å²) in [4.78, 5) is 32.6. The average Bonchev–Trinajstić information content (AvgIpc) is 3.47. The zero-order valence-corrected chi connectivity index (χ0v) is 18.3. The molecule has 1 aliphatic heterocycles. The predicted molar refractivity (Wildman–Crippen MR) is 124 cm³/mol. The van der Waals surface area contributed by atoms with Gasteiger partial charge in [-0.15, -0.1) is 0 Å². The van der Waals surface area contributed by atoms with Gasteiger partial charge in [0.05, 0.1) is 17.8 Å². The second-order valence-electron chi connectivity index (χ2n) is 8.05. The molecule has 33 heavy (non-hydrogen) atoms. The van der Waals surface area contributed by atoms with Crippen LogP contribution in [-0.4, -0.2) is 45.0 Å². The molecule has 8 nitrogen and oxygen atoms in total. The van der Waals surface area contributed by atoms with Gasteiger partial charge in [0.2, 0.25) is 17.7 Å². The third kappa shape index (κ3) is 4.74. The maximum atomic E-state index is 12.7. The summed E-state index contributed by atoms with van der Waals surface area (Å²) in [5.74, 6) is 1.79. The second-order valence-corrected chi connectivity index (χ2v) is 8.05. The minimum Gasteiger partial charge on any atom is -0.441 e. The minimum atomic E-state index is -0.0668. The molecule has 1 N–H and O–H groups in total. The summed E-state index contributed by atoms with van der Waals surface area (Å²) < 4.78 is 5.77. The Bertz CT molecular complexity index is 1240. The molecule has 1 aliphatic rings. The number of carbonyl (C=O) groups is 1. The molecular weight excluding hydrogens is 416 g/mol. The van der Waals surface area contributed by atoms with Gasteiger partial charge in [-0.25, -0.2) is 15.0 Å². The summed E-state index contributed by atoms with van der Waals surface area (Å²) in [5.41, 5.74) is 3.33. The van der Waals surface area contributed by atoms with Gasteiger partial charge in [-0.3, -0.25) is 9.78 Å². The van der Waals surface area contributed by atoms with Crippen LogP contribution in [0, 0.1) is 6.92 Å². The van der Waals surface area contributed by atoms with Gasteiger partial charge in [0, 0.05) is 48.8 Å². The summed E-state index contributed by atoms with van der Waals surface area (Å²) in [6.45, 7) is 3.28. The molecule has 0 spiro atoms. The van der Waals surface area contributed by atoms with Gasteiger partial charge < -0.3 is 14.6 Å². The third-order valence-electron chi connectivity index (χ3n) is 5.68. The van der Waals surface area contributed by atoms with Gasteiger partial charge in [-0.1, -0.05) is 18.2 Å². The van der Waals surface area contributed by atoms with Gasteiger partial charge in [0.1, 0.15) is 5.76 Å². The fraction of sp³-hybridized carbons (Fsp3) is 0.240. The van der Waals surface area contributed by atoms with E-state index in [1.165, 1.54) is 0 Å². The molecule has 4 aromatic rings. The van der Waals surface area contributed by atoms with E-state index in [4.69, 9.17) is 4.42 Å². The summed E-state index contributed by atoms with van der Waals surface area (Å²) >= 11 is 0. The first kappa shape index (κ1) is 20.8. The molecule has 3 aromatic heterocycles. The van der Waals surface area contributed by atoms with Crippen molar-refractivity contribution >= 4 is 11.9 Å². The summed E-state index contributed by atoms with van der Waals surface area (Å²) in [6, 6.07) is 15.5. The normalized spacial score (nSPS) is 15.5. The maximum absolute atomic E-state index is 12.7. The van der Waals surface area contributed by atoms with Crippen molar-refractivity contribution in [1.82, 2.24) is 25.3 Å². The van der Waals surface area contributed by atoms with Gasteiger partial charge in [-0.05, 0) is 43.7 Å².